The van der Waals surface area contributed by atoms with Crippen LogP contribution in [0.5, 0.6) is 0 Å². The average Bonchev–Trinajstić information content (AvgIpc) is 2.83. The van der Waals surface area contributed by atoms with E-state index in [1.807, 2.05) is 0 Å². The van der Waals surface area contributed by atoms with Gasteiger partial charge in [0.2, 0.25) is 5.91 Å². The summed E-state index contributed by atoms with van der Waals surface area (Å²) < 4.78 is 0. The Morgan fingerprint density at radius 3 is 2.64 bits per heavy atom. The van der Waals surface area contributed by atoms with E-state index in [0.29, 0.717) is 6.04 Å². The Morgan fingerprint density at radius 2 is 2.21 bits per heavy atom. The lowest BCUT2D eigenvalue weighted by molar-refractivity contribution is -0.127. The molecule has 1 amide bonds. The Bertz CT molecular complexity index is 209. The molecule has 0 aromatic carbocycles. The van der Waals surface area contributed by atoms with Crippen LogP contribution in [0.15, 0.2) is 0 Å². The van der Waals surface area contributed by atoms with Gasteiger partial charge in [-0.2, -0.15) is 0 Å². The number of hydrogen-bond acceptors (Lipinski definition) is 2. The van der Waals surface area contributed by atoms with Crippen molar-refractivity contribution < 1.29 is 4.79 Å². The second kappa shape index (κ2) is 4.30. The smallest absolute Gasteiger partial charge is 0.225 e. The molecule has 1 atom stereocenters. The zero-order valence-electron chi connectivity index (χ0n) is 8.88. The third kappa shape index (κ3) is 2.47. The van der Waals surface area contributed by atoms with Gasteiger partial charge >= 0.3 is 0 Å². The van der Waals surface area contributed by atoms with Crippen molar-refractivity contribution in [2.75, 3.05) is 13.1 Å². The van der Waals surface area contributed by atoms with E-state index in [1.165, 1.54) is 19.3 Å². The van der Waals surface area contributed by atoms with Gasteiger partial charge in [0.05, 0.1) is 5.92 Å². The molecule has 1 aliphatic heterocycles. The highest BCUT2D eigenvalue weighted by Gasteiger charge is 2.29. The molecule has 3 nitrogen and oxygen atoms in total. The maximum absolute atomic E-state index is 11.6. The van der Waals surface area contributed by atoms with E-state index in [9.17, 15) is 4.79 Å². The second-order valence-electron chi connectivity index (χ2n) is 4.65. The molecule has 14 heavy (non-hydrogen) atoms. The Labute approximate surface area is 85.6 Å². The molecular weight excluding hydrogens is 176 g/mol. The van der Waals surface area contributed by atoms with Gasteiger partial charge in [0.25, 0.3) is 0 Å². The first-order valence-electron chi connectivity index (χ1n) is 5.80. The van der Waals surface area contributed by atoms with Crippen LogP contribution in [0.25, 0.3) is 0 Å². The normalized spacial score (nSPS) is 24.1. The van der Waals surface area contributed by atoms with E-state index < -0.39 is 0 Å². The highest BCUT2D eigenvalue weighted by atomic mass is 16.2. The van der Waals surface area contributed by atoms with E-state index >= 15 is 0 Å². The third-order valence-electron chi connectivity index (χ3n) is 3.31. The number of carbonyl (C=O) groups excluding carboxylic acids is 1. The quantitative estimate of drug-likeness (QED) is 0.686. The molecule has 2 fully saturated rings. The van der Waals surface area contributed by atoms with Gasteiger partial charge in [-0.1, -0.05) is 19.8 Å². The topological polar surface area (TPSA) is 41.1 Å². The zero-order chi connectivity index (χ0) is 9.97. The molecule has 1 aliphatic carbocycles. The Kier molecular flexibility index (Phi) is 3.06. The Balaban J connectivity index is 1.71. The van der Waals surface area contributed by atoms with Crippen molar-refractivity contribution in [2.24, 2.45) is 11.8 Å². The lowest BCUT2D eigenvalue weighted by Gasteiger charge is -2.28. The van der Waals surface area contributed by atoms with E-state index in [-0.39, 0.29) is 11.8 Å². The van der Waals surface area contributed by atoms with E-state index in [2.05, 4.69) is 17.6 Å². The average molecular weight is 196 g/mol. The molecule has 3 heteroatoms. The maximum Gasteiger partial charge on any atom is 0.225 e. The van der Waals surface area contributed by atoms with Crippen LogP contribution < -0.4 is 10.6 Å². The van der Waals surface area contributed by atoms with Crippen molar-refractivity contribution in [1.82, 2.24) is 10.6 Å². The zero-order valence-corrected chi connectivity index (χ0v) is 8.88. The monoisotopic (exact) mass is 196 g/mol. The van der Waals surface area contributed by atoms with Gasteiger partial charge in [-0.25, -0.2) is 0 Å². The van der Waals surface area contributed by atoms with Crippen molar-refractivity contribution in [2.45, 2.75) is 38.6 Å². The lowest BCUT2D eigenvalue weighted by Crippen LogP contribution is -2.52. The van der Waals surface area contributed by atoms with Crippen LogP contribution in [0, 0.1) is 11.8 Å². The first kappa shape index (κ1) is 9.97. The summed E-state index contributed by atoms with van der Waals surface area (Å²) in [5.74, 6) is 1.40. The van der Waals surface area contributed by atoms with Crippen LogP contribution >= 0.6 is 0 Å². The summed E-state index contributed by atoms with van der Waals surface area (Å²) in [6, 6.07) is 0.426. The highest BCUT2D eigenvalue weighted by molar-refractivity contribution is 5.80. The van der Waals surface area contributed by atoms with Crippen LogP contribution in [0.3, 0.4) is 0 Å². The fourth-order valence-electron chi connectivity index (χ4n) is 1.88. The molecule has 2 aliphatic rings. The van der Waals surface area contributed by atoms with Gasteiger partial charge in [-0.3, -0.25) is 4.79 Å². The molecule has 2 N–H and O–H groups in total. The van der Waals surface area contributed by atoms with Crippen LogP contribution in [0.2, 0.25) is 0 Å². The lowest BCUT2D eigenvalue weighted by atomic mass is 10.0. The van der Waals surface area contributed by atoms with Crippen molar-refractivity contribution >= 4 is 5.91 Å². The number of hydrogen-bond donors (Lipinski definition) is 2. The molecule has 0 bridgehead atoms. The van der Waals surface area contributed by atoms with E-state index in [4.69, 9.17) is 0 Å². The number of carbonyl (C=O) groups is 1. The van der Waals surface area contributed by atoms with E-state index in [0.717, 1.165) is 25.4 Å². The summed E-state index contributed by atoms with van der Waals surface area (Å²) in [6.45, 7) is 3.89. The van der Waals surface area contributed by atoms with Crippen LogP contribution in [-0.4, -0.2) is 25.0 Å². The predicted octanol–water partition coefficient (Wildman–Crippen LogP) is 0.901. The van der Waals surface area contributed by atoms with Crippen molar-refractivity contribution in [3.8, 4) is 0 Å². The van der Waals surface area contributed by atoms with E-state index in [1.54, 1.807) is 0 Å². The summed E-state index contributed by atoms with van der Waals surface area (Å²) in [5.41, 5.74) is 0. The van der Waals surface area contributed by atoms with Crippen molar-refractivity contribution in [3.05, 3.63) is 0 Å². The second-order valence-corrected chi connectivity index (χ2v) is 4.65. The molecule has 0 aromatic heterocycles. The Hall–Kier alpha value is -0.570. The van der Waals surface area contributed by atoms with Gasteiger partial charge in [-0.15, -0.1) is 0 Å². The van der Waals surface area contributed by atoms with Gasteiger partial charge in [-0.05, 0) is 18.8 Å². The SMILES string of the molecule is CCC(CC1CC1)NC(=O)C1CNC1. The third-order valence-corrected chi connectivity index (χ3v) is 3.31. The van der Waals surface area contributed by atoms with Crippen LogP contribution in [-0.2, 0) is 4.79 Å². The minimum atomic E-state index is 0.239. The molecule has 1 unspecified atom stereocenters. The first-order valence-corrected chi connectivity index (χ1v) is 5.80. The fraction of sp³-hybridized carbons (Fsp3) is 0.909. The van der Waals surface area contributed by atoms with Gasteiger partial charge in [0.15, 0.2) is 0 Å². The maximum atomic E-state index is 11.6. The largest absolute Gasteiger partial charge is 0.353 e. The molecule has 1 saturated heterocycles. The highest BCUT2D eigenvalue weighted by Crippen LogP contribution is 2.34. The molecular formula is C11H20N2O. The molecule has 80 valence electrons. The molecule has 0 spiro atoms. The number of nitrogens with one attached hydrogen (secondary N) is 2. The summed E-state index contributed by atoms with van der Waals surface area (Å²) in [5, 5.41) is 6.29. The summed E-state index contributed by atoms with van der Waals surface area (Å²) in [6.07, 6.45) is 5.01. The van der Waals surface area contributed by atoms with Crippen molar-refractivity contribution in [3.63, 3.8) is 0 Å². The molecule has 0 radical (unpaired) electrons. The molecule has 2 rings (SSSR count). The Morgan fingerprint density at radius 1 is 1.50 bits per heavy atom. The number of amides is 1. The summed E-state index contributed by atoms with van der Waals surface area (Å²) in [7, 11) is 0. The molecule has 1 heterocycles. The fourth-order valence-corrected chi connectivity index (χ4v) is 1.88. The summed E-state index contributed by atoms with van der Waals surface area (Å²) >= 11 is 0. The van der Waals surface area contributed by atoms with Gasteiger partial charge in [0, 0.05) is 19.1 Å². The van der Waals surface area contributed by atoms with Gasteiger partial charge in [0.1, 0.15) is 0 Å². The molecule has 1 saturated carbocycles. The molecule has 0 aromatic rings. The first-order chi connectivity index (χ1) is 6.79. The minimum absolute atomic E-state index is 0.239. The predicted molar refractivity (Wildman–Crippen MR) is 55.9 cm³/mol. The van der Waals surface area contributed by atoms with Crippen molar-refractivity contribution in [1.29, 1.82) is 0 Å². The minimum Gasteiger partial charge on any atom is -0.353 e. The summed E-state index contributed by atoms with van der Waals surface area (Å²) in [4.78, 5) is 11.6. The standard InChI is InChI=1S/C11H20N2O/c1-2-10(5-8-3-4-8)13-11(14)9-6-12-7-9/h8-10,12H,2-7H2,1H3,(H,13,14). The van der Waals surface area contributed by atoms with Crippen LogP contribution in [0.1, 0.15) is 32.6 Å². The van der Waals surface area contributed by atoms with Crippen LogP contribution in [0.4, 0.5) is 0 Å². The van der Waals surface area contributed by atoms with Gasteiger partial charge < -0.3 is 10.6 Å². The number of rotatable bonds is 5.